The molecule has 0 bridgehead atoms. The number of imidazole rings is 1. The summed E-state index contributed by atoms with van der Waals surface area (Å²) in [5.74, 6) is 0.718. The molecule has 2 amide bonds. The molecule has 0 saturated carbocycles. The number of fused-ring (bicyclic) bond motifs is 1. The van der Waals surface area contributed by atoms with E-state index in [1.807, 2.05) is 59.3 Å². The minimum absolute atomic E-state index is 0.000649. The first-order chi connectivity index (χ1) is 13.2. The molecule has 7 heteroatoms. The van der Waals surface area contributed by atoms with E-state index in [2.05, 4.69) is 15.6 Å². The molecule has 2 aromatic heterocycles. The highest BCUT2D eigenvalue weighted by atomic mass is 32.2. The third-order valence-corrected chi connectivity index (χ3v) is 5.56. The second-order valence-electron chi connectivity index (χ2n) is 6.52. The van der Waals surface area contributed by atoms with Crippen LogP contribution in [0.2, 0.25) is 0 Å². The molecule has 1 unspecified atom stereocenters. The average molecular weight is 380 g/mol. The largest absolute Gasteiger partial charge is 0.354 e. The summed E-state index contributed by atoms with van der Waals surface area (Å²) in [4.78, 5) is 29.2. The summed E-state index contributed by atoms with van der Waals surface area (Å²) in [6.45, 7) is 0.498. The number of hydrogen-bond acceptors (Lipinski definition) is 4. The van der Waals surface area contributed by atoms with Crippen molar-refractivity contribution in [3.63, 3.8) is 0 Å². The molecule has 1 saturated heterocycles. The van der Waals surface area contributed by atoms with Gasteiger partial charge in [-0.25, -0.2) is 4.98 Å². The molecular formula is C20H20N4O2S. The highest BCUT2D eigenvalue weighted by Crippen LogP contribution is 2.23. The van der Waals surface area contributed by atoms with Crippen molar-refractivity contribution in [2.75, 3.05) is 6.54 Å². The maximum Gasteiger partial charge on any atom is 0.251 e. The first-order valence-corrected chi connectivity index (χ1v) is 9.89. The quantitative estimate of drug-likeness (QED) is 0.667. The zero-order valence-corrected chi connectivity index (χ0v) is 15.5. The molecule has 1 atom stereocenters. The van der Waals surface area contributed by atoms with Gasteiger partial charge in [-0.2, -0.15) is 0 Å². The van der Waals surface area contributed by atoms with E-state index in [0.29, 0.717) is 24.9 Å². The lowest BCUT2D eigenvalue weighted by atomic mass is 10.1. The lowest BCUT2D eigenvalue weighted by Crippen LogP contribution is -2.47. The van der Waals surface area contributed by atoms with Gasteiger partial charge in [0.15, 0.2) is 0 Å². The monoisotopic (exact) mass is 380 g/mol. The van der Waals surface area contributed by atoms with Gasteiger partial charge in [-0.05, 0) is 42.8 Å². The van der Waals surface area contributed by atoms with Crippen molar-refractivity contribution in [2.24, 2.45) is 0 Å². The molecule has 2 N–H and O–H groups in total. The molecule has 3 aromatic rings. The van der Waals surface area contributed by atoms with Crippen molar-refractivity contribution in [3.05, 3.63) is 66.1 Å². The van der Waals surface area contributed by atoms with E-state index in [9.17, 15) is 9.59 Å². The number of thioether (sulfide) groups is 1. The highest BCUT2D eigenvalue weighted by Gasteiger charge is 2.20. The van der Waals surface area contributed by atoms with Crippen LogP contribution < -0.4 is 10.6 Å². The van der Waals surface area contributed by atoms with Crippen molar-refractivity contribution >= 4 is 29.2 Å². The Morgan fingerprint density at radius 3 is 2.85 bits per heavy atom. The van der Waals surface area contributed by atoms with Gasteiger partial charge in [0, 0.05) is 47.6 Å². The highest BCUT2D eigenvalue weighted by molar-refractivity contribution is 7.98. The fourth-order valence-corrected chi connectivity index (χ4v) is 3.82. The van der Waals surface area contributed by atoms with Crippen LogP contribution in [0.4, 0.5) is 0 Å². The fourth-order valence-electron chi connectivity index (χ4n) is 3.04. The molecule has 0 aliphatic carbocycles. The number of piperidine rings is 1. The Bertz CT molecular complexity index is 925. The number of aromatic nitrogens is 2. The van der Waals surface area contributed by atoms with Gasteiger partial charge in [-0.3, -0.25) is 9.59 Å². The lowest BCUT2D eigenvalue weighted by Gasteiger charge is -2.23. The number of pyridine rings is 1. The van der Waals surface area contributed by atoms with Crippen molar-refractivity contribution in [2.45, 2.75) is 29.5 Å². The molecule has 0 radical (unpaired) electrons. The second kappa shape index (κ2) is 7.84. The van der Waals surface area contributed by atoms with Gasteiger partial charge >= 0.3 is 0 Å². The van der Waals surface area contributed by atoms with Crippen LogP contribution in [0.25, 0.3) is 5.65 Å². The van der Waals surface area contributed by atoms with Crippen LogP contribution >= 0.6 is 11.8 Å². The maximum absolute atomic E-state index is 12.3. The predicted molar refractivity (Wildman–Crippen MR) is 105 cm³/mol. The SMILES string of the molecule is O=C1CCC(NC(=O)c2ccc(SCc3cn4ccccc4n3)cc2)CN1. The summed E-state index contributed by atoms with van der Waals surface area (Å²) in [6.07, 6.45) is 5.17. The summed E-state index contributed by atoms with van der Waals surface area (Å²) in [7, 11) is 0. The van der Waals surface area contributed by atoms with Crippen LogP contribution in [0.15, 0.2) is 59.8 Å². The fraction of sp³-hybridized carbons (Fsp3) is 0.250. The third-order valence-electron chi connectivity index (χ3n) is 4.52. The Morgan fingerprint density at radius 2 is 2.11 bits per heavy atom. The minimum atomic E-state index is -0.104. The summed E-state index contributed by atoms with van der Waals surface area (Å²) >= 11 is 1.69. The Labute approximate surface area is 161 Å². The van der Waals surface area contributed by atoms with E-state index in [4.69, 9.17) is 0 Å². The van der Waals surface area contributed by atoms with Crippen LogP contribution in [-0.4, -0.2) is 33.8 Å². The number of nitrogens with zero attached hydrogens (tertiary/aromatic N) is 2. The molecular weight excluding hydrogens is 360 g/mol. The first kappa shape index (κ1) is 17.6. The Morgan fingerprint density at radius 1 is 1.26 bits per heavy atom. The van der Waals surface area contributed by atoms with Crippen LogP contribution in [0.3, 0.4) is 0 Å². The van der Waals surface area contributed by atoms with Crippen molar-refractivity contribution in [1.29, 1.82) is 0 Å². The summed E-state index contributed by atoms with van der Waals surface area (Å²) in [6, 6.07) is 13.5. The van der Waals surface area contributed by atoms with Crippen molar-refractivity contribution in [1.82, 2.24) is 20.0 Å². The third kappa shape index (κ3) is 4.31. The Balaban J connectivity index is 1.32. The lowest BCUT2D eigenvalue weighted by molar-refractivity contribution is -0.122. The number of rotatable bonds is 5. The van der Waals surface area contributed by atoms with Crippen LogP contribution in [0.1, 0.15) is 28.9 Å². The normalized spacial score (nSPS) is 16.9. The minimum Gasteiger partial charge on any atom is -0.354 e. The Kier molecular flexibility index (Phi) is 5.11. The standard InChI is InChI=1S/C20H20N4O2S/c25-19-9-6-15(11-21-19)23-20(26)14-4-7-17(8-5-14)27-13-16-12-24-10-2-1-3-18(24)22-16/h1-5,7-8,10,12,15H,6,9,11,13H2,(H,21,25)(H,23,26). The van der Waals surface area contributed by atoms with E-state index >= 15 is 0 Å². The van der Waals surface area contributed by atoms with Gasteiger partial charge < -0.3 is 15.0 Å². The molecule has 0 spiro atoms. The average Bonchev–Trinajstić information content (AvgIpc) is 3.11. The van der Waals surface area contributed by atoms with Crippen LogP contribution in [0, 0.1) is 0 Å². The topological polar surface area (TPSA) is 75.5 Å². The van der Waals surface area contributed by atoms with Gasteiger partial charge in [-0.1, -0.05) is 6.07 Å². The van der Waals surface area contributed by atoms with Gasteiger partial charge in [0.1, 0.15) is 5.65 Å². The smallest absolute Gasteiger partial charge is 0.251 e. The summed E-state index contributed by atoms with van der Waals surface area (Å²) in [5, 5.41) is 5.75. The predicted octanol–water partition coefficient (Wildman–Crippen LogP) is 2.64. The van der Waals surface area contributed by atoms with Gasteiger partial charge in [0.05, 0.1) is 5.69 Å². The van der Waals surface area contributed by atoms with E-state index in [-0.39, 0.29) is 17.9 Å². The van der Waals surface area contributed by atoms with Crippen molar-refractivity contribution in [3.8, 4) is 0 Å². The number of hydrogen-bond donors (Lipinski definition) is 2. The van der Waals surface area contributed by atoms with Crippen LogP contribution in [-0.2, 0) is 10.5 Å². The molecule has 27 heavy (non-hydrogen) atoms. The number of amides is 2. The van der Waals surface area contributed by atoms with E-state index in [1.165, 1.54) is 0 Å². The molecule has 1 fully saturated rings. The number of nitrogens with one attached hydrogen (secondary N) is 2. The zero-order valence-electron chi connectivity index (χ0n) is 14.7. The van der Waals surface area contributed by atoms with Gasteiger partial charge in [0.2, 0.25) is 5.91 Å². The molecule has 3 heterocycles. The second-order valence-corrected chi connectivity index (χ2v) is 7.57. The number of carbonyl (C=O) groups excluding carboxylic acids is 2. The summed E-state index contributed by atoms with van der Waals surface area (Å²) < 4.78 is 2.01. The van der Waals surface area contributed by atoms with Crippen molar-refractivity contribution < 1.29 is 9.59 Å². The number of benzene rings is 1. The molecule has 1 aliphatic rings. The molecule has 6 nitrogen and oxygen atoms in total. The van der Waals surface area contributed by atoms with Gasteiger partial charge in [-0.15, -0.1) is 11.8 Å². The van der Waals surface area contributed by atoms with Gasteiger partial charge in [0.25, 0.3) is 5.91 Å². The molecule has 1 aliphatic heterocycles. The molecule has 138 valence electrons. The number of carbonyl (C=O) groups is 2. The zero-order chi connectivity index (χ0) is 18.6. The van der Waals surface area contributed by atoms with E-state index in [0.717, 1.165) is 22.0 Å². The molecule has 1 aromatic carbocycles. The Hall–Kier alpha value is -2.80. The maximum atomic E-state index is 12.3. The van der Waals surface area contributed by atoms with E-state index < -0.39 is 0 Å². The van der Waals surface area contributed by atoms with Crippen LogP contribution in [0.5, 0.6) is 0 Å². The summed E-state index contributed by atoms with van der Waals surface area (Å²) in [5.41, 5.74) is 2.59. The van der Waals surface area contributed by atoms with E-state index in [1.54, 1.807) is 11.8 Å². The molecule has 4 rings (SSSR count). The first-order valence-electron chi connectivity index (χ1n) is 8.90.